The second-order valence-corrected chi connectivity index (χ2v) is 8.07. The van der Waals surface area contributed by atoms with Crippen molar-refractivity contribution in [3.63, 3.8) is 0 Å². The molecule has 1 N–H and O–H groups in total. The number of rotatable bonds is 4. The molecule has 0 saturated carbocycles. The summed E-state index contributed by atoms with van der Waals surface area (Å²) >= 11 is 0.938. The third kappa shape index (κ3) is 6.13. The number of thioether (sulfide) groups is 1. The Hall–Kier alpha value is -2.28. The van der Waals surface area contributed by atoms with Crippen LogP contribution in [0.15, 0.2) is 53.4 Å². The van der Waals surface area contributed by atoms with Crippen LogP contribution in [0.1, 0.15) is 42.3 Å². The van der Waals surface area contributed by atoms with Gasteiger partial charge in [0, 0.05) is 10.5 Å². The molecule has 0 heterocycles. The van der Waals surface area contributed by atoms with Crippen LogP contribution in [0.2, 0.25) is 0 Å². The fraction of sp³-hybridized carbons (Fsp3) is 0.300. The van der Waals surface area contributed by atoms with Crippen LogP contribution in [0.3, 0.4) is 0 Å². The second kappa shape index (κ2) is 8.17. The summed E-state index contributed by atoms with van der Waals surface area (Å²) in [6.45, 7) is 6.16. The first-order chi connectivity index (χ1) is 12.5. The van der Waals surface area contributed by atoms with Gasteiger partial charge in [0.1, 0.15) is 0 Å². The van der Waals surface area contributed by atoms with Gasteiger partial charge in [0.15, 0.2) is 0 Å². The average Bonchev–Trinajstić information content (AvgIpc) is 2.59. The molecule has 0 unspecified atom stereocenters. The summed E-state index contributed by atoms with van der Waals surface area (Å²) in [5, 5.41) is 2.25. The molecule has 0 fully saturated rings. The molecule has 144 valence electrons. The molecule has 2 aromatic carbocycles. The molecule has 3 nitrogen and oxygen atoms in total. The molecule has 27 heavy (non-hydrogen) atoms. The predicted molar refractivity (Wildman–Crippen MR) is 99.8 cm³/mol. The molecule has 0 radical (unpaired) electrons. The van der Waals surface area contributed by atoms with Crippen LogP contribution < -0.4 is 5.32 Å². The Morgan fingerprint density at radius 3 is 2.15 bits per heavy atom. The molecule has 0 bridgehead atoms. The first-order valence-corrected chi connectivity index (χ1v) is 9.20. The van der Waals surface area contributed by atoms with Crippen molar-refractivity contribution < 1.29 is 22.8 Å². The number of alkyl halides is 3. The van der Waals surface area contributed by atoms with Crippen LogP contribution >= 0.6 is 11.8 Å². The van der Waals surface area contributed by atoms with E-state index < -0.39 is 23.6 Å². The molecule has 2 rings (SSSR count). The minimum Gasteiger partial charge on any atom is -0.292 e. The van der Waals surface area contributed by atoms with Crippen LogP contribution in [-0.2, 0) is 16.4 Å². The van der Waals surface area contributed by atoms with Gasteiger partial charge in [-0.2, -0.15) is 13.2 Å². The topological polar surface area (TPSA) is 46.2 Å². The summed E-state index contributed by atoms with van der Waals surface area (Å²) in [6.07, 6.45) is -4.44. The summed E-state index contributed by atoms with van der Waals surface area (Å²) < 4.78 is 38.1. The van der Waals surface area contributed by atoms with Crippen molar-refractivity contribution in [3.05, 3.63) is 65.2 Å². The highest BCUT2D eigenvalue weighted by molar-refractivity contribution is 8.00. The second-order valence-electron chi connectivity index (χ2n) is 7.02. The van der Waals surface area contributed by atoms with Gasteiger partial charge in [-0.05, 0) is 41.3 Å². The van der Waals surface area contributed by atoms with Crippen molar-refractivity contribution in [3.8, 4) is 0 Å². The lowest BCUT2D eigenvalue weighted by Gasteiger charge is -2.19. The fourth-order valence-electron chi connectivity index (χ4n) is 2.27. The van der Waals surface area contributed by atoms with Gasteiger partial charge >= 0.3 is 6.18 Å². The Balaban J connectivity index is 1.93. The molecule has 0 spiro atoms. The number of carbonyl (C=O) groups is 2. The lowest BCUT2D eigenvalue weighted by molar-refractivity contribution is -0.137. The number of amides is 2. The Kier molecular flexibility index (Phi) is 6.36. The van der Waals surface area contributed by atoms with Crippen LogP contribution in [-0.4, -0.2) is 17.6 Å². The third-order valence-corrected chi connectivity index (χ3v) is 4.79. The first kappa shape index (κ1) is 21.0. The largest absolute Gasteiger partial charge is 0.416 e. The number of halogens is 3. The highest BCUT2D eigenvalue weighted by Gasteiger charge is 2.30. The van der Waals surface area contributed by atoms with Gasteiger partial charge in [0.05, 0.1) is 11.3 Å². The standard InChI is InChI=1S/C20H20F3NO2S/c1-19(2,3)14-9-7-13(8-10-14)18(26)24-17(25)12-27-16-6-4-5-15(11-16)20(21,22)23/h4-11H,12H2,1-3H3,(H,24,25,26). The van der Waals surface area contributed by atoms with Gasteiger partial charge in [-0.3, -0.25) is 14.9 Å². The minimum absolute atomic E-state index is 0.0492. The minimum atomic E-state index is -4.44. The number of imide groups is 1. The zero-order valence-corrected chi connectivity index (χ0v) is 16.0. The van der Waals surface area contributed by atoms with Gasteiger partial charge < -0.3 is 0 Å². The molecule has 2 aromatic rings. The number of carbonyl (C=O) groups excluding carboxylic acids is 2. The fourth-order valence-corrected chi connectivity index (χ4v) is 3.02. The van der Waals surface area contributed by atoms with Gasteiger partial charge in [-0.15, -0.1) is 11.8 Å². The summed E-state index contributed by atoms with van der Waals surface area (Å²) in [5.74, 6) is -1.26. The van der Waals surface area contributed by atoms with E-state index >= 15 is 0 Å². The van der Waals surface area contributed by atoms with Crippen molar-refractivity contribution in [1.29, 1.82) is 0 Å². The van der Waals surface area contributed by atoms with Crippen molar-refractivity contribution in [2.45, 2.75) is 37.3 Å². The number of hydrogen-bond acceptors (Lipinski definition) is 3. The van der Waals surface area contributed by atoms with Gasteiger partial charge in [0.25, 0.3) is 5.91 Å². The summed E-state index contributed by atoms with van der Waals surface area (Å²) in [7, 11) is 0. The zero-order valence-electron chi connectivity index (χ0n) is 15.2. The van der Waals surface area contributed by atoms with Crippen molar-refractivity contribution in [2.75, 3.05) is 5.75 Å². The van der Waals surface area contributed by atoms with Gasteiger partial charge in [0.2, 0.25) is 5.91 Å². The summed E-state index contributed by atoms with van der Waals surface area (Å²) in [5.41, 5.74) is 0.584. The average molecular weight is 395 g/mol. The third-order valence-electron chi connectivity index (χ3n) is 3.80. The zero-order chi connectivity index (χ0) is 20.2. The van der Waals surface area contributed by atoms with E-state index in [9.17, 15) is 22.8 Å². The van der Waals surface area contributed by atoms with Crippen LogP contribution in [0, 0.1) is 0 Å². The Labute approximate surface area is 160 Å². The van der Waals surface area contributed by atoms with E-state index in [4.69, 9.17) is 0 Å². The lowest BCUT2D eigenvalue weighted by atomic mass is 9.87. The van der Waals surface area contributed by atoms with E-state index in [-0.39, 0.29) is 11.2 Å². The maximum atomic E-state index is 12.7. The molecule has 0 aliphatic rings. The SMILES string of the molecule is CC(C)(C)c1ccc(C(=O)NC(=O)CSc2cccc(C(F)(F)F)c2)cc1. The van der Waals surface area contributed by atoms with Crippen LogP contribution in [0.25, 0.3) is 0 Å². The first-order valence-electron chi connectivity index (χ1n) is 8.21. The van der Waals surface area contributed by atoms with Crippen molar-refractivity contribution >= 4 is 23.6 Å². The van der Waals surface area contributed by atoms with E-state index in [2.05, 4.69) is 26.1 Å². The van der Waals surface area contributed by atoms with Crippen LogP contribution in [0.5, 0.6) is 0 Å². The van der Waals surface area contributed by atoms with Gasteiger partial charge in [-0.25, -0.2) is 0 Å². The maximum Gasteiger partial charge on any atom is 0.416 e. The quantitative estimate of drug-likeness (QED) is 0.737. The van der Waals surface area contributed by atoms with E-state index in [0.29, 0.717) is 10.5 Å². The van der Waals surface area contributed by atoms with Crippen molar-refractivity contribution in [1.82, 2.24) is 5.32 Å². The number of nitrogens with one attached hydrogen (secondary N) is 1. The smallest absolute Gasteiger partial charge is 0.292 e. The van der Waals surface area contributed by atoms with Gasteiger partial charge in [-0.1, -0.05) is 39.0 Å². The van der Waals surface area contributed by atoms with Crippen LogP contribution in [0.4, 0.5) is 13.2 Å². The molecule has 7 heteroatoms. The molecular weight excluding hydrogens is 375 g/mol. The normalized spacial score (nSPS) is 11.9. The molecule has 0 aromatic heterocycles. The van der Waals surface area contributed by atoms with E-state index in [1.165, 1.54) is 12.1 Å². The molecule has 0 aliphatic carbocycles. The Bertz CT molecular complexity index is 824. The highest BCUT2D eigenvalue weighted by atomic mass is 32.2. The Morgan fingerprint density at radius 1 is 0.963 bits per heavy atom. The molecule has 0 atom stereocenters. The Morgan fingerprint density at radius 2 is 1.59 bits per heavy atom. The summed E-state index contributed by atoms with van der Waals surface area (Å²) in [6, 6.07) is 11.7. The molecule has 0 saturated heterocycles. The maximum absolute atomic E-state index is 12.7. The van der Waals surface area contributed by atoms with Crippen molar-refractivity contribution in [2.24, 2.45) is 0 Å². The van der Waals surface area contributed by atoms with E-state index in [1.54, 1.807) is 12.1 Å². The number of hydrogen-bond donors (Lipinski definition) is 1. The predicted octanol–water partition coefficient (Wildman–Crippen LogP) is 5.05. The molecule has 0 aliphatic heterocycles. The lowest BCUT2D eigenvalue weighted by Crippen LogP contribution is -2.31. The number of benzene rings is 2. The summed E-state index contributed by atoms with van der Waals surface area (Å²) in [4.78, 5) is 24.4. The molecule has 2 amide bonds. The van der Waals surface area contributed by atoms with E-state index in [0.717, 1.165) is 29.5 Å². The molecular formula is C20H20F3NO2S. The van der Waals surface area contributed by atoms with E-state index in [1.807, 2.05) is 12.1 Å². The monoisotopic (exact) mass is 395 g/mol. The highest BCUT2D eigenvalue weighted by Crippen LogP contribution is 2.31.